The van der Waals surface area contributed by atoms with Crippen molar-refractivity contribution in [3.8, 4) is 0 Å². The Morgan fingerprint density at radius 1 is 0.391 bits per heavy atom. The number of hydrogen-bond donors (Lipinski definition) is 11. The topological polar surface area (TPSA) is 379 Å². The summed E-state index contributed by atoms with van der Waals surface area (Å²) in [5.41, 5.74) is 12.9. The molecule has 1 aliphatic heterocycles. The third-order valence-corrected chi connectivity index (χ3v) is 14.8. The first-order valence-electron chi connectivity index (χ1n) is 36.3. The van der Waals surface area contributed by atoms with E-state index in [0.29, 0.717) is 31.8 Å². The van der Waals surface area contributed by atoms with E-state index in [0.717, 1.165) is 102 Å². The number of nitrogens with one attached hydrogen (secondary N) is 4. The minimum absolute atomic E-state index is 0.151. The van der Waals surface area contributed by atoms with Crippen LogP contribution >= 0.6 is 0 Å². The van der Waals surface area contributed by atoms with E-state index < -0.39 is 84.7 Å². The average molecular weight is 1640 g/mol. The van der Waals surface area contributed by atoms with E-state index in [1.54, 1.807) is 0 Å². The molecule has 0 aliphatic carbocycles. The molecule has 0 fully saturated rings. The van der Waals surface area contributed by atoms with E-state index >= 15 is 0 Å². The van der Waals surface area contributed by atoms with Crippen LogP contribution in [0.25, 0.3) is 0 Å². The molecule has 0 bridgehead atoms. The highest BCUT2D eigenvalue weighted by Gasteiger charge is 2.41. The zero-order valence-corrected chi connectivity index (χ0v) is 62.8. The number of halogens is 18. The summed E-state index contributed by atoms with van der Waals surface area (Å²) in [5.74, 6) is -17.3. The lowest BCUT2D eigenvalue weighted by Crippen LogP contribution is -2.50. The van der Waals surface area contributed by atoms with Gasteiger partial charge in [0.1, 0.15) is 0 Å². The number of hydrogen-bond acceptors (Lipinski definition) is 16. The van der Waals surface area contributed by atoms with Crippen LogP contribution in [0, 0.1) is 0 Å². The van der Waals surface area contributed by atoms with Crippen LogP contribution < -0.4 is 27.2 Å². The van der Waals surface area contributed by atoms with Crippen molar-refractivity contribution in [3.05, 3.63) is 12.2 Å². The second-order valence-electron chi connectivity index (χ2n) is 24.6. The quantitative estimate of drug-likeness (QED) is 0.00886. The zero-order valence-electron chi connectivity index (χ0n) is 62.8. The lowest BCUT2D eigenvalue weighted by atomic mass is 10.0. The van der Waals surface area contributed by atoms with Gasteiger partial charge in [-0.1, -0.05) is 175 Å². The zero-order chi connectivity index (χ0) is 86.0. The SMILES string of the molecule is CCCCN(CNCCCNN(CCCC)C(C)CCCCCCNC(=O)CCCCCCCCCCCCCCCCCCCCCCCN(C(=O)CCC)N1C(=O)C=CC1=O)NCCCN.O=C(O)C(F)(F)F.O=C(O)C(F)(F)F.O=C(O)C(F)(F)F.O=C(O)C(F)(F)F.O=C(O)C(F)(F)F.O=C(O)C(F)(F)F. The van der Waals surface area contributed by atoms with E-state index in [4.69, 9.17) is 65.1 Å². The maximum Gasteiger partial charge on any atom is 0.490 e. The van der Waals surface area contributed by atoms with Crippen molar-refractivity contribution in [1.29, 1.82) is 0 Å². The van der Waals surface area contributed by atoms with Gasteiger partial charge in [0.2, 0.25) is 11.8 Å². The van der Waals surface area contributed by atoms with Gasteiger partial charge in [0.25, 0.3) is 11.8 Å². The number of amides is 4. The van der Waals surface area contributed by atoms with Crippen molar-refractivity contribution in [2.45, 2.75) is 296 Å². The fourth-order valence-corrected chi connectivity index (χ4v) is 8.94. The summed E-state index contributed by atoms with van der Waals surface area (Å²) in [6.07, 6.45) is 13.0. The van der Waals surface area contributed by atoms with Gasteiger partial charge in [-0.3, -0.25) is 30.0 Å². The van der Waals surface area contributed by atoms with Crippen molar-refractivity contribution in [3.63, 3.8) is 0 Å². The third-order valence-electron chi connectivity index (χ3n) is 14.8. The Kier molecular flexibility index (Phi) is 70.3. The first-order valence-corrected chi connectivity index (χ1v) is 36.3. The smallest absolute Gasteiger partial charge is 0.475 e. The Hall–Kier alpha value is -6.86. The van der Waals surface area contributed by atoms with Crippen LogP contribution in [0.3, 0.4) is 0 Å². The van der Waals surface area contributed by atoms with Crippen LogP contribution in [-0.4, -0.2) is 212 Å². The molecule has 650 valence electrons. The third kappa shape index (κ3) is 76.5. The van der Waals surface area contributed by atoms with E-state index in [1.807, 2.05) is 6.92 Å². The molecule has 25 nitrogen and oxygen atoms in total. The van der Waals surface area contributed by atoms with Gasteiger partial charge >= 0.3 is 72.9 Å². The van der Waals surface area contributed by atoms with Gasteiger partial charge in [-0.2, -0.15) is 84.0 Å². The highest BCUT2D eigenvalue weighted by atomic mass is 19.4. The Morgan fingerprint density at radius 2 is 0.709 bits per heavy atom. The number of carbonyl (C=O) groups excluding carboxylic acids is 4. The monoisotopic (exact) mass is 1640 g/mol. The average Bonchev–Trinajstić information content (AvgIpc) is 1.68. The van der Waals surface area contributed by atoms with Crippen molar-refractivity contribution in [2.24, 2.45) is 5.73 Å². The summed E-state index contributed by atoms with van der Waals surface area (Å²) < 4.78 is 190. The van der Waals surface area contributed by atoms with Crippen molar-refractivity contribution < 1.29 is 158 Å². The molecule has 1 unspecified atom stereocenters. The number of carboxylic acids is 6. The van der Waals surface area contributed by atoms with Crippen LogP contribution in [0.4, 0.5) is 79.0 Å². The first-order chi connectivity index (χ1) is 50.9. The van der Waals surface area contributed by atoms with E-state index in [-0.39, 0.29) is 11.8 Å². The van der Waals surface area contributed by atoms with Crippen LogP contribution in [0.1, 0.15) is 252 Å². The van der Waals surface area contributed by atoms with Crippen LogP contribution in [0.15, 0.2) is 12.2 Å². The predicted molar refractivity (Wildman–Crippen MR) is 367 cm³/mol. The highest BCUT2D eigenvalue weighted by molar-refractivity contribution is 6.13. The van der Waals surface area contributed by atoms with Gasteiger partial charge in [0.15, 0.2) is 0 Å². The fourth-order valence-electron chi connectivity index (χ4n) is 8.94. The number of alkyl halides is 18. The summed E-state index contributed by atoms with van der Waals surface area (Å²) in [5, 5.41) is 56.7. The molecule has 0 aromatic rings. The standard InChI is InChI=1S/C55H109N9O4.6C2HF3O2/c1-5-8-47-61(59-45-35-42-56)50-57-43-36-46-60-62(48-9-6-2)51(4)38-31-28-29-33-44-58-52(65)39-32-27-25-23-21-19-17-15-13-11-10-12-14-16-18-20-22-24-26-30-34-49-63(53(66)37-7-3)64-54(67)40-41-55(64)68;6*3-2(4,5)1(6)7/h40-41,51,57,59-60H,5-39,42-50,56H2,1-4H3,(H,58,65);6*(H,6,7). The lowest BCUT2D eigenvalue weighted by molar-refractivity contribution is -0.193. The summed E-state index contributed by atoms with van der Waals surface area (Å²) >= 11 is 0. The molecule has 43 heteroatoms. The van der Waals surface area contributed by atoms with Gasteiger partial charge in [0.05, 0.1) is 6.67 Å². The Bertz CT molecular complexity index is 2280. The van der Waals surface area contributed by atoms with Gasteiger partial charge < -0.3 is 47.0 Å². The number of imide groups is 1. The van der Waals surface area contributed by atoms with Crippen molar-refractivity contribution in [2.75, 3.05) is 59.0 Å². The molecule has 4 amide bonds. The van der Waals surface area contributed by atoms with Gasteiger partial charge in [0, 0.05) is 70.3 Å². The highest BCUT2D eigenvalue weighted by Crippen LogP contribution is 2.21. The molecule has 0 radical (unpaired) electrons. The number of rotatable bonds is 52. The number of unbranched alkanes of at least 4 members (excludes halogenated alkanes) is 25. The summed E-state index contributed by atoms with van der Waals surface area (Å²) in [6.45, 7) is 16.8. The second-order valence-corrected chi connectivity index (χ2v) is 24.6. The molecular formula is C67H115F18N9O16. The van der Waals surface area contributed by atoms with Crippen molar-refractivity contribution in [1.82, 2.24) is 41.5 Å². The van der Waals surface area contributed by atoms with E-state index in [9.17, 15) is 98.2 Å². The largest absolute Gasteiger partial charge is 0.490 e. The van der Waals surface area contributed by atoms with Crippen LogP contribution in [0.5, 0.6) is 0 Å². The molecular weight excluding hydrogens is 1530 g/mol. The molecule has 0 saturated heterocycles. The molecule has 0 aromatic carbocycles. The number of nitrogens with zero attached hydrogens (tertiary/aromatic N) is 4. The number of carboxylic acid groups (broad SMARTS) is 6. The Labute approximate surface area is 629 Å². The number of hydrazine groups is 3. The summed E-state index contributed by atoms with van der Waals surface area (Å²) in [6, 6.07) is 0.529. The Morgan fingerprint density at radius 3 is 1.05 bits per heavy atom. The minimum Gasteiger partial charge on any atom is -0.475 e. The lowest BCUT2D eigenvalue weighted by Gasteiger charge is -2.30. The minimum atomic E-state index is -5.08. The summed E-state index contributed by atoms with van der Waals surface area (Å²) in [4.78, 5) is 102. The predicted octanol–water partition coefficient (Wildman–Crippen LogP) is 14.8. The van der Waals surface area contributed by atoms with Gasteiger partial charge in [-0.15, -0.1) is 0 Å². The number of aliphatic carboxylic acids is 6. The maximum absolute atomic E-state index is 12.5. The normalized spacial score (nSPS) is 12.5. The molecule has 0 spiro atoms. The number of nitrogens with two attached hydrogens (primary N) is 1. The van der Waals surface area contributed by atoms with E-state index in [2.05, 4.69) is 52.3 Å². The van der Waals surface area contributed by atoms with E-state index in [1.165, 1.54) is 178 Å². The van der Waals surface area contributed by atoms with Crippen LogP contribution in [0.2, 0.25) is 0 Å². The number of carbonyl (C=O) groups is 10. The Balaban J connectivity index is -0.000000512. The fraction of sp³-hybridized carbons (Fsp3) is 0.821. The van der Waals surface area contributed by atoms with Crippen molar-refractivity contribution >= 4 is 59.4 Å². The molecule has 12 N–H and O–H groups in total. The van der Waals surface area contributed by atoms with Gasteiger partial charge in [-0.25, -0.2) is 43.8 Å². The molecule has 1 heterocycles. The molecule has 1 aliphatic rings. The molecule has 1 atom stereocenters. The molecule has 110 heavy (non-hydrogen) atoms. The van der Waals surface area contributed by atoms with Gasteiger partial charge in [-0.05, 0) is 77.8 Å². The molecule has 1 rings (SSSR count). The molecule has 0 aromatic heterocycles. The second kappa shape index (κ2) is 67.8. The van der Waals surface area contributed by atoms with Crippen LogP contribution in [-0.2, 0) is 47.9 Å². The summed E-state index contributed by atoms with van der Waals surface area (Å²) in [7, 11) is 0. The maximum atomic E-state index is 12.5. The first kappa shape index (κ1) is 114. The molecule has 0 saturated carbocycles.